The Hall–Kier alpha value is -0.610. The summed E-state index contributed by atoms with van der Waals surface area (Å²) in [4.78, 5) is 19.1. The predicted molar refractivity (Wildman–Crippen MR) is 78.1 cm³/mol. The highest BCUT2D eigenvalue weighted by molar-refractivity contribution is 5.81. The van der Waals surface area contributed by atoms with Gasteiger partial charge in [-0.25, -0.2) is 0 Å². The maximum Gasteiger partial charge on any atom is 0.225 e. The van der Waals surface area contributed by atoms with E-state index in [4.69, 9.17) is 0 Å². The molecule has 0 N–H and O–H groups in total. The number of nitrogens with zero attached hydrogens (tertiary/aromatic N) is 3. The van der Waals surface area contributed by atoms with Gasteiger partial charge >= 0.3 is 0 Å². The maximum atomic E-state index is 12.2. The number of hydrogen-bond acceptors (Lipinski definition) is 3. The van der Waals surface area contributed by atoms with Gasteiger partial charge in [0.2, 0.25) is 5.91 Å². The monoisotopic (exact) mass is 267 g/mol. The van der Waals surface area contributed by atoms with Crippen LogP contribution in [0.15, 0.2) is 0 Å². The average Bonchev–Trinajstić information content (AvgIpc) is 3.15. The molecule has 0 spiro atoms. The van der Waals surface area contributed by atoms with E-state index in [1.807, 2.05) is 0 Å². The molecule has 0 radical (unpaired) electrons. The largest absolute Gasteiger partial charge is 0.339 e. The van der Waals surface area contributed by atoms with Crippen LogP contribution in [-0.2, 0) is 4.79 Å². The van der Waals surface area contributed by atoms with Crippen LogP contribution in [0, 0.1) is 5.92 Å². The summed E-state index contributed by atoms with van der Waals surface area (Å²) in [6, 6.07) is 0.988. The molecular weight excluding hydrogens is 238 g/mol. The highest BCUT2D eigenvalue weighted by Crippen LogP contribution is 2.32. The van der Waals surface area contributed by atoms with Gasteiger partial charge in [0, 0.05) is 37.6 Å². The van der Waals surface area contributed by atoms with Crippen molar-refractivity contribution < 1.29 is 4.79 Å². The number of carbonyl (C=O) groups excluding carboxylic acids is 1. The van der Waals surface area contributed by atoms with Gasteiger partial charge in [-0.3, -0.25) is 9.69 Å². The summed E-state index contributed by atoms with van der Waals surface area (Å²) in [7, 11) is 4.25. The molecule has 0 aromatic rings. The standard InChI is InChI=1S/C15H29N3O/c1-12-10-17(15(19)14-6-7-14)11-13(2)18(12)9-5-8-16(3)4/h12-14H,5-11H2,1-4H3. The Bertz CT molecular complexity index is 303. The molecule has 4 nitrogen and oxygen atoms in total. The van der Waals surface area contributed by atoms with Gasteiger partial charge in [-0.2, -0.15) is 0 Å². The van der Waals surface area contributed by atoms with Crippen LogP contribution in [0.4, 0.5) is 0 Å². The SMILES string of the molecule is CC1CN(C(=O)C2CC2)CC(C)N1CCCN(C)C. The van der Waals surface area contributed by atoms with E-state index in [0.29, 0.717) is 23.9 Å². The van der Waals surface area contributed by atoms with E-state index in [-0.39, 0.29) is 0 Å². The lowest BCUT2D eigenvalue weighted by molar-refractivity contribution is -0.137. The summed E-state index contributed by atoms with van der Waals surface area (Å²) in [5.41, 5.74) is 0. The molecule has 1 amide bonds. The predicted octanol–water partition coefficient (Wildman–Crippen LogP) is 1.27. The lowest BCUT2D eigenvalue weighted by Crippen LogP contribution is -2.58. The molecule has 2 rings (SSSR count). The highest BCUT2D eigenvalue weighted by Gasteiger charge is 2.38. The van der Waals surface area contributed by atoms with Gasteiger partial charge < -0.3 is 9.80 Å². The van der Waals surface area contributed by atoms with Crippen molar-refractivity contribution in [1.82, 2.24) is 14.7 Å². The van der Waals surface area contributed by atoms with Crippen molar-refractivity contribution >= 4 is 5.91 Å². The van der Waals surface area contributed by atoms with Crippen LogP contribution < -0.4 is 0 Å². The lowest BCUT2D eigenvalue weighted by atomic mass is 10.1. The maximum absolute atomic E-state index is 12.2. The molecule has 1 aliphatic carbocycles. The molecule has 1 heterocycles. The first-order chi connectivity index (χ1) is 8.99. The molecule has 0 aromatic heterocycles. The van der Waals surface area contributed by atoms with Gasteiger partial charge in [-0.1, -0.05) is 0 Å². The van der Waals surface area contributed by atoms with Crippen molar-refractivity contribution in [3.8, 4) is 0 Å². The van der Waals surface area contributed by atoms with Crippen molar-refractivity contribution in [2.45, 2.75) is 45.2 Å². The summed E-state index contributed by atoms with van der Waals surface area (Å²) in [6.45, 7) is 8.65. The zero-order chi connectivity index (χ0) is 14.0. The van der Waals surface area contributed by atoms with Gasteiger partial charge in [-0.05, 0) is 53.8 Å². The van der Waals surface area contributed by atoms with Gasteiger partial charge in [0.25, 0.3) is 0 Å². The molecule has 1 saturated heterocycles. The molecule has 110 valence electrons. The number of hydrogen-bond donors (Lipinski definition) is 0. The Labute approximate surface area is 117 Å². The quantitative estimate of drug-likeness (QED) is 0.750. The van der Waals surface area contributed by atoms with E-state index in [2.05, 4.69) is 42.6 Å². The van der Waals surface area contributed by atoms with Crippen molar-refractivity contribution in [3.63, 3.8) is 0 Å². The van der Waals surface area contributed by atoms with Crippen LogP contribution >= 0.6 is 0 Å². The first kappa shape index (κ1) is 14.8. The summed E-state index contributed by atoms with van der Waals surface area (Å²) in [5.74, 6) is 0.770. The van der Waals surface area contributed by atoms with Crippen LogP contribution in [0.3, 0.4) is 0 Å². The van der Waals surface area contributed by atoms with Gasteiger partial charge in [0.1, 0.15) is 0 Å². The van der Waals surface area contributed by atoms with E-state index >= 15 is 0 Å². The number of piperazine rings is 1. The molecule has 0 aromatic carbocycles. The molecule has 0 bridgehead atoms. The van der Waals surface area contributed by atoms with Gasteiger partial charge in [0.15, 0.2) is 0 Å². The van der Waals surface area contributed by atoms with Crippen molar-refractivity contribution in [2.24, 2.45) is 5.92 Å². The smallest absolute Gasteiger partial charge is 0.225 e. The van der Waals surface area contributed by atoms with E-state index < -0.39 is 0 Å². The van der Waals surface area contributed by atoms with Crippen LogP contribution in [0.1, 0.15) is 33.1 Å². The molecule has 4 heteroatoms. The Balaban J connectivity index is 1.82. The number of rotatable bonds is 5. The zero-order valence-corrected chi connectivity index (χ0v) is 12.9. The first-order valence-corrected chi connectivity index (χ1v) is 7.68. The number of amides is 1. The van der Waals surface area contributed by atoms with Crippen molar-refractivity contribution in [2.75, 3.05) is 40.3 Å². The topological polar surface area (TPSA) is 26.8 Å². The molecule has 2 unspecified atom stereocenters. The van der Waals surface area contributed by atoms with Crippen molar-refractivity contribution in [1.29, 1.82) is 0 Å². The second-order valence-corrected chi connectivity index (χ2v) is 6.61. The van der Waals surface area contributed by atoms with E-state index in [0.717, 1.165) is 39.0 Å². The normalized spacial score (nSPS) is 29.0. The number of carbonyl (C=O) groups is 1. The second-order valence-electron chi connectivity index (χ2n) is 6.61. The molecule has 2 aliphatic rings. The minimum Gasteiger partial charge on any atom is -0.339 e. The van der Waals surface area contributed by atoms with Crippen LogP contribution in [0.2, 0.25) is 0 Å². The van der Waals surface area contributed by atoms with Crippen LogP contribution in [0.25, 0.3) is 0 Å². The third kappa shape index (κ3) is 3.93. The summed E-state index contributed by atoms with van der Waals surface area (Å²) < 4.78 is 0. The van der Waals surface area contributed by atoms with E-state index in [9.17, 15) is 4.79 Å². The first-order valence-electron chi connectivity index (χ1n) is 7.68. The Morgan fingerprint density at radius 3 is 2.21 bits per heavy atom. The summed E-state index contributed by atoms with van der Waals surface area (Å²) in [6.07, 6.45) is 3.44. The summed E-state index contributed by atoms with van der Waals surface area (Å²) >= 11 is 0. The van der Waals surface area contributed by atoms with Crippen LogP contribution in [-0.4, -0.2) is 73.0 Å². The van der Waals surface area contributed by atoms with Crippen molar-refractivity contribution in [3.05, 3.63) is 0 Å². The zero-order valence-electron chi connectivity index (χ0n) is 12.9. The fourth-order valence-corrected chi connectivity index (χ4v) is 3.14. The molecule has 2 atom stereocenters. The Kier molecular flexibility index (Phi) is 4.85. The van der Waals surface area contributed by atoms with Gasteiger partial charge in [0.05, 0.1) is 0 Å². The summed E-state index contributed by atoms with van der Waals surface area (Å²) in [5, 5.41) is 0. The van der Waals surface area contributed by atoms with Crippen LogP contribution in [0.5, 0.6) is 0 Å². The fourth-order valence-electron chi connectivity index (χ4n) is 3.14. The fraction of sp³-hybridized carbons (Fsp3) is 0.933. The average molecular weight is 267 g/mol. The molecular formula is C15H29N3O. The minimum atomic E-state index is 0.361. The second kappa shape index (κ2) is 6.23. The Morgan fingerprint density at radius 2 is 1.74 bits per heavy atom. The molecule has 2 fully saturated rings. The Morgan fingerprint density at radius 1 is 1.16 bits per heavy atom. The van der Waals surface area contributed by atoms with E-state index in [1.54, 1.807) is 0 Å². The molecule has 19 heavy (non-hydrogen) atoms. The molecule has 1 saturated carbocycles. The van der Waals surface area contributed by atoms with Gasteiger partial charge in [-0.15, -0.1) is 0 Å². The van der Waals surface area contributed by atoms with E-state index in [1.165, 1.54) is 6.42 Å². The molecule has 1 aliphatic heterocycles. The highest BCUT2D eigenvalue weighted by atomic mass is 16.2. The minimum absolute atomic E-state index is 0.361. The third-order valence-corrected chi connectivity index (χ3v) is 4.36. The lowest BCUT2D eigenvalue weighted by Gasteiger charge is -2.44. The third-order valence-electron chi connectivity index (χ3n) is 4.36.